The number of hydrogen-bond acceptors (Lipinski definition) is 6. The summed E-state index contributed by atoms with van der Waals surface area (Å²) in [5.41, 5.74) is 1.95. The molecule has 124 valence electrons. The highest BCUT2D eigenvalue weighted by Gasteiger charge is 2.27. The number of halogens is 1. The van der Waals surface area contributed by atoms with E-state index in [0.29, 0.717) is 24.1 Å². The van der Waals surface area contributed by atoms with Gasteiger partial charge in [-0.15, -0.1) is 0 Å². The van der Waals surface area contributed by atoms with Crippen molar-refractivity contribution in [2.75, 3.05) is 6.61 Å². The monoisotopic (exact) mass is 425 g/mol. The summed E-state index contributed by atoms with van der Waals surface area (Å²) in [5.74, 6) is 0.791. The molecule has 0 unspecified atom stereocenters. The van der Waals surface area contributed by atoms with E-state index in [-0.39, 0.29) is 10.9 Å². The molecule has 2 aromatic carbocycles. The van der Waals surface area contributed by atoms with Crippen LogP contribution < -0.4 is 9.46 Å². The molecule has 0 bridgehead atoms. The number of fused-ring (bicyclic) bond motifs is 2. The minimum absolute atomic E-state index is 0.147. The van der Waals surface area contributed by atoms with E-state index in [9.17, 15) is 8.42 Å². The molecule has 9 heteroatoms. The summed E-state index contributed by atoms with van der Waals surface area (Å²) in [6, 6.07) is 10.3. The number of sulfonamides is 1. The summed E-state index contributed by atoms with van der Waals surface area (Å²) in [7, 11) is -3.71. The average molecular weight is 426 g/mol. The normalized spacial score (nSPS) is 17.5. The van der Waals surface area contributed by atoms with E-state index in [4.69, 9.17) is 4.74 Å². The Morgan fingerprint density at radius 3 is 3.00 bits per heavy atom. The van der Waals surface area contributed by atoms with Crippen LogP contribution in [0.25, 0.3) is 11.0 Å². The van der Waals surface area contributed by atoms with E-state index >= 15 is 0 Å². The number of aromatic nitrogens is 2. The molecule has 0 spiro atoms. The van der Waals surface area contributed by atoms with E-state index in [1.165, 1.54) is 0 Å². The maximum atomic E-state index is 12.8. The number of nitrogens with one attached hydrogen (secondary N) is 1. The SMILES string of the molecule is O=S(=O)(N[C@H]1COc2ccc(Br)cc2C1)c1cccc2nsnc12. The van der Waals surface area contributed by atoms with Crippen LogP contribution in [0.3, 0.4) is 0 Å². The van der Waals surface area contributed by atoms with Gasteiger partial charge in [0.2, 0.25) is 10.0 Å². The molecule has 0 saturated carbocycles. The number of ether oxygens (including phenoxy) is 1. The topological polar surface area (TPSA) is 81.2 Å². The van der Waals surface area contributed by atoms with Gasteiger partial charge < -0.3 is 4.74 Å². The smallest absolute Gasteiger partial charge is 0.243 e. The van der Waals surface area contributed by atoms with Crippen LogP contribution in [0.2, 0.25) is 0 Å². The van der Waals surface area contributed by atoms with Gasteiger partial charge in [0.15, 0.2) is 0 Å². The second-order valence-corrected chi connectivity index (χ2v) is 8.60. The van der Waals surface area contributed by atoms with Gasteiger partial charge in [-0.05, 0) is 42.3 Å². The van der Waals surface area contributed by atoms with Gasteiger partial charge in [0.25, 0.3) is 0 Å². The predicted molar refractivity (Wildman–Crippen MR) is 94.9 cm³/mol. The van der Waals surface area contributed by atoms with Crippen molar-refractivity contribution in [2.45, 2.75) is 17.4 Å². The predicted octanol–water partition coefficient (Wildman–Crippen LogP) is 2.74. The summed E-state index contributed by atoms with van der Waals surface area (Å²) in [6.07, 6.45) is 0.569. The summed E-state index contributed by atoms with van der Waals surface area (Å²) in [4.78, 5) is 0.147. The quantitative estimate of drug-likeness (QED) is 0.697. The van der Waals surface area contributed by atoms with Gasteiger partial charge in [-0.2, -0.15) is 8.75 Å². The molecule has 6 nitrogen and oxygen atoms in total. The Balaban J connectivity index is 1.62. The lowest BCUT2D eigenvalue weighted by Gasteiger charge is -2.26. The Hall–Kier alpha value is -1.55. The molecule has 0 saturated heterocycles. The lowest BCUT2D eigenvalue weighted by molar-refractivity contribution is 0.254. The molecular formula is C15H12BrN3O3S2. The molecule has 1 aliphatic rings. The van der Waals surface area contributed by atoms with Crippen molar-refractivity contribution in [1.82, 2.24) is 13.5 Å². The zero-order chi connectivity index (χ0) is 16.7. The van der Waals surface area contributed by atoms with Crippen molar-refractivity contribution in [3.05, 3.63) is 46.4 Å². The number of rotatable bonds is 3. The zero-order valence-corrected chi connectivity index (χ0v) is 15.5. The van der Waals surface area contributed by atoms with Crippen LogP contribution in [-0.2, 0) is 16.4 Å². The molecule has 1 aromatic heterocycles. The molecule has 1 atom stereocenters. The van der Waals surface area contributed by atoms with Crippen molar-refractivity contribution in [1.29, 1.82) is 0 Å². The van der Waals surface area contributed by atoms with Gasteiger partial charge in [-0.1, -0.05) is 22.0 Å². The highest BCUT2D eigenvalue weighted by Crippen LogP contribution is 2.29. The number of hydrogen-bond donors (Lipinski definition) is 1. The molecule has 24 heavy (non-hydrogen) atoms. The van der Waals surface area contributed by atoms with Gasteiger partial charge in [0.1, 0.15) is 28.3 Å². The van der Waals surface area contributed by atoms with Crippen LogP contribution in [0, 0.1) is 0 Å². The van der Waals surface area contributed by atoms with E-state index in [1.54, 1.807) is 18.2 Å². The van der Waals surface area contributed by atoms with Crippen molar-refractivity contribution in [3.63, 3.8) is 0 Å². The van der Waals surface area contributed by atoms with Crippen molar-refractivity contribution >= 4 is 48.7 Å². The van der Waals surface area contributed by atoms with Crippen LogP contribution >= 0.6 is 27.7 Å². The second kappa shape index (κ2) is 6.07. The minimum Gasteiger partial charge on any atom is -0.492 e. The van der Waals surface area contributed by atoms with E-state index in [1.807, 2.05) is 18.2 Å². The molecule has 0 amide bonds. The number of nitrogens with zero attached hydrogens (tertiary/aromatic N) is 2. The minimum atomic E-state index is -3.71. The second-order valence-electron chi connectivity index (χ2n) is 5.47. The van der Waals surface area contributed by atoms with Crippen LogP contribution in [0.1, 0.15) is 5.56 Å². The molecular weight excluding hydrogens is 414 g/mol. The lowest BCUT2D eigenvalue weighted by atomic mass is 10.0. The third-order valence-electron chi connectivity index (χ3n) is 3.79. The van der Waals surface area contributed by atoms with Gasteiger partial charge >= 0.3 is 0 Å². The summed E-state index contributed by atoms with van der Waals surface area (Å²) >= 11 is 4.42. The van der Waals surface area contributed by atoms with E-state index in [2.05, 4.69) is 29.4 Å². The summed E-state index contributed by atoms with van der Waals surface area (Å²) < 4.78 is 43.0. The third kappa shape index (κ3) is 2.92. The molecule has 2 heterocycles. The lowest BCUT2D eigenvalue weighted by Crippen LogP contribution is -2.42. The molecule has 0 aliphatic carbocycles. The standard InChI is InChI=1S/C15H12BrN3O3S2/c16-10-4-5-13-9(6-10)7-11(8-22-13)19-24(20,21)14-3-1-2-12-15(14)18-23-17-12/h1-6,11,19H,7-8H2/t11-/m1/s1. The largest absolute Gasteiger partial charge is 0.492 e. The first kappa shape index (κ1) is 15.9. The highest BCUT2D eigenvalue weighted by atomic mass is 79.9. The first-order chi connectivity index (χ1) is 11.5. The van der Waals surface area contributed by atoms with Gasteiger partial charge in [-0.25, -0.2) is 13.1 Å². The molecule has 4 rings (SSSR count). The maximum Gasteiger partial charge on any atom is 0.243 e. The summed E-state index contributed by atoms with van der Waals surface area (Å²) in [6.45, 7) is 0.291. The molecule has 3 aromatic rings. The highest BCUT2D eigenvalue weighted by molar-refractivity contribution is 9.10. The molecule has 1 N–H and O–H groups in total. The van der Waals surface area contributed by atoms with E-state index < -0.39 is 10.0 Å². The van der Waals surface area contributed by atoms with Gasteiger partial charge in [0, 0.05) is 4.47 Å². The Kier molecular flexibility index (Phi) is 4.03. The number of benzene rings is 2. The Bertz CT molecular complexity index is 1020. The zero-order valence-electron chi connectivity index (χ0n) is 12.3. The van der Waals surface area contributed by atoms with Crippen molar-refractivity contribution < 1.29 is 13.2 Å². The molecule has 0 fully saturated rings. The fourth-order valence-electron chi connectivity index (χ4n) is 2.72. The summed E-state index contributed by atoms with van der Waals surface area (Å²) in [5, 5.41) is 0. The van der Waals surface area contributed by atoms with Gasteiger partial charge in [0.05, 0.1) is 17.8 Å². The van der Waals surface area contributed by atoms with Crippen LogP contribution in [0.4, 0.5) is 0 Å². The fraction of sp³-hybridized carbons (Fsp3) is 0.200. The van der Waals surface area contributed by atoms with Crippen molar-refractivity contribution in [2.24, 2.45) is 0 Å². The Morgan fingerprint density at radius 1 is 1.25 bits per heavy atom. The Labute approximate surface area is 151 Å². The van der Waals surface area contributed by atoms with Crippen LogP contribution in [-0.4, -0.2) is 29.8 Å². The average Bonchev–Trinajstić information content (AvgIpc) is 3.02. The van der Waals surface area contributed by atoms with E-state index in [0.717, 1.165) is 27.5 Å². The van der Waals surface area contributed by atoms with Crippen LogP contribution in [0.5, 0.6) is 5.75 Å². The molecule has 0 radical (unpaired) electrons. The first-order valence-corrected chi connectivity index (χ1v) is 10.2. The third-order valence-corrected chi connectivity index (χ3v) is 6.38. The van der Waals surface area contributed by atoms with Gasteiger partial charge in [-0.3, -0.25) is 0 Å². The Morgan fingerprint density at radius 2 is 2.12 bits per heavy atom. The maximum absolute atomic E-state index is 12.8. The fourth-order valence-corrected chi connectivity index (χ4v) is 5.12. The van der Waals surface area contributed by atoms with Crippen LogP contribution in [0.15, 0.2) is 45.8 Å². The molecule has 1 aliphatic heterocycles. The van der Waals surface area contributed by atoms with Crippen molar-refractivity contribution in [3.8, 4) is 5.75 Å². The first-order valence-electron chi connectivity index (χ1n) is 7.18.